The van der Waals surface area contributed by atoms with Gasteiger partial charge < -0.3 is 39.6 Å². The first kappa shape index (κ1) is 49.4. The van der Waals surface area contributed by atoms with E-state index in [4.69, 9.17) is 0 Å². The first-order chi connectivity index (χ1) is 19.1. The minimum atomic E-state index is -0.920. The molecule has 0 atom stereocenters. The van der Waals surface area contributed by atoms with E-state index in [1.807, 2.05) is 0 Å². The van der Waals surface area contributed by atoms with Gasteiger partial charge >= 0.3 is 26.2 Å². The van der Waals surface area contributed by atoms with Gasteiger partial charge in [0.05, 0.1) is 0 Å². The Morgan fingerprint density at radius 2 is 0.463 bits per heavy atom. The Hall–Kier alpha value is -1.24. The van der Waals surface area contributed by atoms with Crippen LogP contribution < -0.4 is 20.4 Å². The Labute approximate surface area is 270 Å². The first-order valence-corrected chi connectivity index (χ1v) is 15.9. The Morgan fingerprint density at radius 1 is 0.317 bits per heavy atom. The summed E-state index contributed by atoms with van der Waals surface area (Å²) in [7, 11) is 0. The molecule has 0 aromatic carbocycles. The van der Waals surface area contributed by atoms with Gasteiger partial charge in [-0.25, -0.2) is 0 Å². The summed E-state index contributed by atoms with van der Waals surface area (Å²) in [5.74, 6) is -3.68. The van der Waals surface area contributed by atoms with Crippen LogP contribution in [0.2, 0.25) is 0 Å². The number of rotatable bonds is 24. The average molecular weight is 664 g/mol. The van der Waals surface area contributed by atoms with Gasteiger partial charge in [-0.2, -0.15) is 0 Å². The van der Waals surface area contributed by atoms with Crippen LogP contribution in [0.5, 0.6) is 0 Å². The zero-order valence-electron chi connectivity index (χ0n) is 26.7. The summed E-state index contributed by atoms with van der Waals surface area (Å²) in [4.78, 5) is 39.7. The monoisotopic (exact) mass is 662 g/mol. The molecule has 0 aromatic heterocycles. The summed E-state index contributed by atoms with van der Waals surface area (Å²) in [5, 5.41) is 39.7. The minimum absolute atomic E-state index is 0. The number of carbonyl (C=O) groups is 4. The van der Waals surface area contributed by atoms with Gasteiger partial charge in [-0.15, -0.1) is 0 Å². The van der Waals surface area contributed by atoms with Crippen LogP contribution >= 0.6 is 0 Å². The van der Waals surface area contributed by atoms with Crippen molar-refractivity contribution in [3.8, 4) is 0 Å². The average Bonchev–Trinajstić information content (AvgIpc) is 2.89. The van der Waals surface area contributed by atoms with E-state index >= 15 is 0 Å². The molecule has 0 radical (unpaired) electrons. The molecule has 9 heteroatoms. The van der Waals surface area contributed by atoms with E-state index in [0.29, 0.717) is 0 Å². The van der Waals surface area contributed by atoms with Gasteiger partial charge in [0.1, 0.15) is 0 Å². The molecule has 0 saturated heterocycles. The summed E-state index contributed by atoms with van der Waals surface area (Å²) < 4.78 is 0. The van der Waals surface area contributed by atoms with Gasteiger partial charge in [0.2, 0.25) is 0 Å². The van der Waals surface area contributed by atoms with E-state index in [1.54, 1.807) is 0 Å². The normalized spacial score (nSPS) is 9.46. The number of hydrogen-bond acceptors (Lipinski definition) is 8. The number of hydrogen-bond donors (Lipinski definition) is 0. The molecular formula is C32H60O8Zr. The summed E-state index contributed by atoms with van der Waals surface area (Å²) in [6.45, 7) is 8.55. The molecule has 0 N–H and O–H groups in total. The summed E-state index contributed by atoms with van der Waals surface area (Å²) in [6.07, 6.45) is 22.4. The largest absolute Gasteiger partial charge is 4.00 e. The van der Waals surface area contributed by atoms with E-state index in [0.717, 1.165) is 77.0 Å². The van der Waals surface area contributed by atoms with Crippen molar-refractivity contribution in [3.63, 3.8) is 0 Å². The van der Waals surface area contributed by atoms with Crippen molar-refractivity contribution in [3.05, 3.63) is 0 Å². The second-order valence-corrected chi connectivity index (χ2v) is 10.1. The third-order valence-electron chi connectivity index (χ3n) is 5.94. The molecule has 0 spiro atoms. The molecule has 0 aliphatic carbocycles. The first-order valence-electron chi connectivity index (χ1n) is 15.9. The Bertz CT molecular complexity index is 460. The number of carbonyl (C=O) groups excluding carboxylic acids is 4. The fourth-order valence-electron chi connectivity index (χ4n) is 3.49. The van der Waals surface area contributed by atoms with Crippen molar-refractivity contribution in [2.45, 2.75) is 182 Å². The molecule has 41 heavy (non-hydrogen) atoms. The quantitative estimate of drug-likeness (QED) is 0.138. The van der Waals surface area contributed by atoms with Crippen molar-refractivity contribution in [1.82, 2.24) is 0 Å². The molecule has 0 fully saturated rings. The predicted molar refractivity (Wildman–Crippen MR) is 154 cm³/mol. The molecule has 0 unspecified atom stereocenters. The molecule has 0 aliphatic rings. The van der Waals surface area contributed by atoms with Gasteiger partial charge in [0.25, 0.3) is 0 Å². The molecule has 0 heterocycles. The van der Waals surface area contributed by atoms with Crippen LogP contribution in [0.1, 0.15) is 182 Å². The van der Waals surface area contributed by atoms with Crippen LogP contribution in [-0.4, -0.2) is 23.9 Å². The molecule has 8 nitrogen and oxygen atoms in total. The van der Waals surface area contributed by atoms with Crippen LogP contribution in [0.15, 0.2) is 0 Å². The van der Waals surface area contributed by atoms with Gasteiger partial charge in [-0.05, 0) is 51.4 Å². The second kappa shape index (κ2) is 45.7. The number of aliphatic carboxylic acids is 4. The zero-order valence-corrected chi connectivity index (χ0v) is 29.2. The molecule has 0 amide bonds. The van der Waals surface area contributed by atoms with Crippen molar-refractivity contribution >= 4 is 23.9 Å². The fourth-order valence-corrected chi connectivity index (χ4v) is 3.49. The number of unbranched alkanes of at least 4 members (excludes halogenated alkanes) is 16. The van der Waals surface area contributed by atoms with E-state index in [1.165, 1.54) is 51.4 Å². The molecule has 0 aromatic rings. The molecule has 0 saturated carbocycles. The Morgan fingerprint density at radius 3 is 0.585 bits per heavy atom. The SMILES string of the molecule is CCCCCCCC(=O)[O-].CCCCCCCC(=O)[O-].CCCCCCCC(=O)[O-].CCCCCCCC(=O)[O-].[Zr+4]. The molecule has 240 valence electrons. The number of carboxylic acid groups (broad SMARTS) is 4. The van der Waals surface area contributed by atoms with Gasteiger partial charge in [-0.1, -0.05) is 130 Å². The molecule has 0 aliphatic heterocycles. The third-order valence-corrected chi connectivity index (χ3v) is 5.94. The topological polar surface area (TPSA) is 161 Å². The van der Waals surface area contributed by atoms with Crippen molar-refractivity contribution in [2.24, 2.45) is 0 Å². The summed E-state index contributed by atoms with van der Waals surface area (Å²) in [6, 6.07) is 0. The van der Waals surface area contributed by atoms with Crippen LogP contribution in [0, 0.1) is 0 Å². The maximum Gasteiger partial charge on any atom is 4.00 e. The maximum absolute atomic E-state index is 9.92. The zero-order chi connectivity index (χ0) is 31.3. The van der Waals surface area contributed by atoms with E-state index in [9.17, 15) is 39.6 Å². The maximum atomic E-state index is 9.92. The molecule has 0 rings (SSSR count). The van der Waals surface area contributed by atoms with Crippen LogP contribution in [-0.2, 0) is 45.4 Å². The summed E-state index contributed by atoms with van der Waals surface area (Å²) >= 11 is 0. The predicted octanol–water partition coefficient (Wildman–Crippen LogP) is 4.38. The second-order valence-electron chi connectivity index (χ2n) is 10.1. The van der Waals surface area contributed by atoms with Gasteiger partial charge in [0.15, 0.2) is 0 Å². The standard InChI is InChI=1S/4C8H16O2.Zr/c4*1-2-3-4-5-6-7-8(9)10;/h4*2-7H2,1H3,(H,9,10);/q;;;;+4/p-4. The van der Waals surface area contributed by atoms with E-state index < -0.39 is 23.9 Å². The molecular weight excluding hydrogens is 604 g/mol. The van der Waals surface area contributed by atoms with Gasteiger partial charge in [-0.3, -0.25) is 0 Å². The Balaban J connectivity index is -0.000000139. The van der Waals surface area contributed by atoms with E-state index in [-0.39, 0.29) is 51.9 Å². The fraction of sp³-hybridized carbons (Fsp3) is 0.875. The third kappa shape index (κ3) is 73.1. The van der Waals surface area contributed by atoms with Crippen LogP contribution in [0.3, 0.4) is 0 Å². The minimum Gasteiger partial charge on any atom is -0.550 e. The Kier molecular flexibility index (Phi) is 55.2. The van der Waals surface area contributed by atoms with Crippen molar-refractivity contribution in [2.75, 3.05) is 0 Å². The van der Waals surface area contributed by atoms with Crippen LogP contribution in [0.25, 0.3) is 0 Å². The summed E-state index contributed by atoms with van der Waals surface area (Å²) in [5.41, 5.74) is 0. The smallest absolute Gasteiger partial charge is 0.550 e. The molecule has 0 bridgehead atoms. The van der Waals surface area contributed by atoms with Crippen molar-refractivity contribution < 1.29 is 65.8 Å². The van der Waals surface area contributed by atoms with Gasteiger partial charge in [0, 0.05) is 23.9 Å². The van der Waals surface area contributed by atoms with E-state index in [2.05, 4.69) is 27.7 Å². The van der Waals surface area contributed by atoms with Crippen LogP contribution in [0.4, 0.5) is 0 Å². The number of carboxylic acids is 4. The van der Waals surface area contributed by atoms with Crippen molar-refractivity contribution in [1.29, 1.82) is 0 Å².